The van der Waals surface area contributed by atoms with Crippen LogP contribution in [0.3, 0.4) is 0 Å². The molecule has 0 spiro atoms. The maximum absolute atomic E-state index is 12.7. The van der Waals surface area contributed by atoms with Gasteiger partial charge >= 0.3 is 0 Å². The highest BCUT2D eigenvalue weighted by atomic mass is 32.1. The number of nitrogens with zero attached hydrogens (tertiary/aromatic N) is 1. The second kappa shape index (κ2) is 6.93. The summed E-state index contributed by atoms with van der Waals surface area (Å²) < 4.78 is 1.57. The first-order valence-corrected chi connectivity index (χ1v) is 9.24. The summed E-state index contributed by atoms with van der Waals surface area (Å²) in [5.41, 5.74) is 2.62. The van der Waals surface area contributed by atoms with Crippen molar-refractivity contribution < 1.29 is 4.79 Å². The fourth-order valence-corrected chi connectivity index (χ4v) is 4.00. The summed E-state index contributed by atoms with van der Waals surface area (Å²) >= 11 is 6.80. The summed E-state index contributed by atoms with van der Waals surface area (Å²) in [4.78, 5) is 30.0. The number of carbonyl (C=O) groups excluding carboxylic acids is 1. The van der Waals surface area contributed by atoms with E-state index >= 15 is 0 Å². The minimum absolute atomic E-state index is 0.116. The molecule has 2 aromatic heterocycles. The Morgan fingerprint density at radius 1 is 1.32 bits per heavy atom. The van der Waals surface area contributed by atoms with Gasteiger partial charge in [0.2, 0.25) is 5.91 Å². The van der Waals surface area contributed by atoms with Crippen molar-refractivity contribution in [2.24, 2.45) is 0 Å². The lowest BCUT2D eigenvalue weighted by Gasteiger charge is -2.10. The molecule has 0 bridgehead atoms. The standard InChI is InChI=1S/C18H19N3O2S2/c1-4-12-8-13-16(25-12)20-18(24)21(17(13)23)9-15(22)19-14-6-5-10(2)7-11(14)3/h5-8H,4,9H2,1-3H3,(H,19,22)(H,20,24). The van der Waals surface area contributed by atoms with Crippen molar-refractivity contribution in [2.75, 3.05) is 5.32 Å². The molecule has 0 unspecified atom stereocenters. The summed E-state index contributed by atoms with van der Waals surface area (Å²) in [6, 6.07) is 7.66. The number of rotatable bonds is 4. The number of thiophene rings is 1. The van der Waals surface area contributed by atoms with Crippen LogP contribution in [0, 0.1) is 18.6 Å². The number of amides is 1. The molecule has 3 aromatic rings. The summed E-state index contributed by atoms with van der Waals surface area (Å²) in [5, 5.41) is 3.43. The van der Waals surface area contributed by atoms with E-state index in [0.717, 1.165) is 32.9 Å². The topological polar surface area (TPSA) is 66.9 Å². The Morgan fingerprint density at radius 2 is 2.08 bits per heavy atom. The van der Waals surface area contributed by atoms with Gasteiger partial charge in [-0.1, -0.05) is 24.6 Å². The zero-order valence-electron chi connectivity index (χ0n) is 14.3. The van der Waals surface area contributed by atoms with Gasteiger partial charge in [0, 0.05) is 10.6 Å². The van der Waals surface area contributed by atoms with Crippen molar-refractivity contribution in [1.82, 2.24) is 9.55 Å². The molecular formula is C18H19N3O2S2. The Balaban J connectivity index is 1.90. The molecule has 0 radical (unpaired) electrons. The molecular weight excluding hydrogens is 354 g/mol. The molecule has 1 amide bonds. The van der Waals surface area contributed by atoms with E-state index in [1.54, 1.807) is 0 Å². The van der Waals surface area contributed by atoms with E-state index in [0.29, 0.717) is 5.39 Å². The minimum Gasteiger partial charge on any atom is -0.324 e. The van der Waals surface area contributed by atoms with Gasteiger partial charge in [0.1, 0.15) is 11.4 Å². The monoisotopic (exact) mass is 373 g/mol. The van der Waals surface area contributed by atoms with E-state index < -0.39 is 0 Å². The van der Waals surface area contributed by atoms with Crippen molar-refractivity contribution in [3.63, 3.8) is 0 Å². The molecule has 1 aromatic carbocycles. The van der Waals surface area contributed by atoms with Crippen LogP contribution in [0.2, 0.25) is 0 Å². The largest absolute Gasteiger partial charge is 0.324 e. The van der Waals surface area contributed by atoms with Gasteiger partial charge in [-0.05, 0) is 50.2 Å². The summed E-state index contributed by atoms with van der Waals surface area (Å²) in [7, 11) is 0. The number of fused-ring (bicyclic) bond motifs is 1. The molecule has 3 rings (SSSR count). The molecule has 0 saturated heterocycles. The molecule has 0 aliphatic carbocycles. The lowest BCUT2D eigenvalue weighted by Crippen LogP contribution is -2.28. The molecule has 2 N–H and O–H groups in total. The highest BCUT2D eigenvalue weighted by Gasteiger charge is 2.13. The van der Waals surface area contributed by atoms with E-state index in [9.17, 15) is 9.59 Å². The third-order valence-electron chi connectivity index (χ3n) is 4.03. The molecule has 0 fully saturated rings. The maximum atomic E-state index is 12.7. The summed E-state index contributed by atoms with van der Waals surface area (Å²) in [6.07, 6.45) is 0.854. The van der Waals surface area contributed by atoms with Crippen LogP contribution in [0.15, 0.2) is 29.1 Å². The average Bonchev–Trinajstić information content (AvgIpc) is 2.97. The van der Waals surface area contributed by atoms with Crippen molar-refractivity contribution in [3.8, 4) is 0 Å². The molecule has 0 atom stereocenters. The normalized spacial score (nSPS) is 11.0. The number of nitrogens with one attached hydrogen (secondary N) is 2. The Kier molecular flexibility index (Phi) is 4.87. The van der Waals surface area contributed by atoms with E-state index in [4.69, 9.17) is 12.2 Å². The number of hydrogen-bond acceptors (Lipinski definition) is 4. The van der Waals surface area contributed by atoms with E-state index in [2.05, 4.69) is 10.3 Å². The highest BCUT2D eigenvalue weighted by Crippen LogP contribution is 2.21. The number of anilines is 1. The SMILES string of the molecule is CCc1cc2c(=O)n(CC(=O)Nc3ccc(C)cc3C)c(=S)[nH]c2s1. The molecule has 0 saturated carbocycles. The van der Waals surface area contributed by atoms with E-state index in [1.807, 2.05) is 45.0 Å². The van der Waals surface area contributed by atoms with E-state index in [-0.39, 0.29) is 22.8 Å². The van der Waals surface area contributed by atoms with Gasteiger partial charge in [0.15, 0.2) is 4.77 Å². The fraction of sp³-hybridized carbons (Fsp3) is 0.278. The van der Waals surface area contributed by atoms with Crippen LogP contribution in [0.4, 0.5) is 5.69 Å². The lowest BCUT2D eigenvalue weighted by molar-refractivity contribution is -0.116. The average molecular weight is 374 g/mol. The Morgan fingerprint density at radius 3 is 2.76 bits per heavy atom. The molecule has 130 valence electrons. The second-order valence-corrected chi connectivity index (χ2v) is 7.52. The quantitative estimate of drug-likeness (QED) is 0.681. The van der Waals surface area contributed by atoms with Crippen molar-refractivity contribution in [1.29, 1.82) is 0 Å². The van der Waals surface area contributed by atoms with Crippen molar-refractivity contribution in [3.05, 3.63) is 55.4 Å². The number of H-pyrrole nitrogens is 1. The first-order valence-electron chi connectivity index (χ1n) is 8.01. The van der Waals surface area contributed by atoms with Crippen LogP contribution in [0.5, 0.6) is 0 Å². The molecule has 5 nitrogen and oxygen atoms in total. The Labute approximate surface area is 154 Å². The zero-order valence-corrected chi connectivity index (χ0v) is 15.9. The highest BCUT2D eigenvalue weighted by molar-refractivity contribution is 7.71. The van der Waals surface area contributed by atoms with Crippen LogP contribution in [-0.2, 0) is 17.8 Å². The van der Waals surface area contributed by atoms with Crippen LogP contribution in [0.25, 0.3) is 10.2 Å². The van der Waals surface area contributed by atoms with Gasteiger partial charge in [-0.25, -0.2) is 0 Å². The molecule has 7 heteroatoms. The number of hydrogen-bond donors (Lipinski definition) is 2. The Bertz CT molecular complexity index is 1080. The van der Waals surface area contributed by atoms with Gasteiger partial charge in [-0.2, -0.15) is 0 Å². The van der Waals surface area contributed by atoms with Gasteiger partial charge < -0.3 is 10.3 Å². The predicted octanol–water partition coefficient (Wildman–Crippen LogP) is 3.94. The number of aromatic nitrogens is 2. The molecule has 2 heterocycles. The Hall–Kier alpha value is -2.25. The third kappa shape index (κ3) is 3.57. The lowest BCUT2D eigenvalue weighted by atomic mass is 10.1. The van der Waals surface area contributed by atoms with Crippen LogP contribution >= 0.6 is 23.6 Å². The van der Waals surface area contributed by atoms with Crippen LogP contribution in [-0.4, -0.2) is 15.5 Å². The summed E-state index contributed by atoms with van der Waals surface area (Å²) in [6.45, 7) is 5.85. The van der Waals surface area contributed by atoms with Gasteiger partial charge in [0.05, 0.1) is 5.39 Å². The minimum atomic E-state index is -0.279. The predicted molar refractivity (Wildman–Crippen MR) is 105 cm³/mol. The van der Waals surface area contributed by atoms with Crippen LogP contribution in [0.1, 0.15) is 22.9 Å². The number of benzene rings is 1. The van der Waals surface area contributed by atoms with Gasteiger partial charge in [-0.3, -0.25) is 14.2 Å². The van der Waals surface area contributed by atoms with Gasteiger partial charge in [-0.15, -0.1) is 11.3 Å². The fourth-order valence-electron chi connectivity index (χ4n) is 2.70. The summed E-state index contributed by atoms with van der Waals surface area (Å²) in [5.74, 6) is -0.279. The van der Waals surface area contributed by atoms with Crippen molar-refractivity contribution >= 4 is 45.4 Å². The maximum Gasteiger partial charge on any atom is 0.263 e. The first kappa shape index (κ1) is 17.6. The van der Waals surface area contributed by atoms with E-state index in [1.165, 1.54) is 15.9 Å². The van der Waals surface area contributed by atoms with Crippen LogP contribution < -0.4 is 10.9 Å². The number of carbonyl (C=O) groups is 1. The zero-order chi connectivity index (χ0) is 18.1. The third-order valence-corrected chi connectivity index (χ3v) is 5.55. The second-order valence-electron chi connectivity index (χ2n) is 6.00. The molecule has 25 heavy (non-hydrogen) atoms. The molecule has 0 aliphatic heterocycles. The smallest absolute Gasteiger partial charge is 0.263 e. The molecule has 0 aliphatic rings. The first-order chi connectivity index (χ1) is 11.9. The number of aryl methyl sites for hydroxylation is 3. The van der Waals surface area contributed by atoms with Gasteiger partial charge in [0.25, 0.3) is 5.56 Å². The van der Waals surface area contributed by atoms with Crippen molar-refractivity contribution in [2.45, 2.75) is 33.7 Å². The number of aromatic amines is 1.